The lowest BCUT2D eigenvalue weighted by Crippen LogP contribution is -2.41. The Balaban J connectivity index is 1.96. The van der Waals surface area contributed by atoms with Crippen LogP contribution in [0.5, 0.6) is 0 Å². The average Bonchev–Trinajstić information content (AvgIpc) is 3.31. The van der Waals surface area contributed by atoms with Crippen LogP contribution >= 0.6 is 0 Å². The molecule has 0 unspecified atom stereocenters. The lowest BCUT2D eigenvalue weighted by molar-refractivity contribution is 0.0627. The van der Waals surface area contributed by atoms with Crippen molar-refractivity contribution in [3.8, 4) is 0 Å². The van der Waals surface area contributed by atoms with E-state index in [2.05, 4.69) is 5.32 Å². The minimum absolute atomic E-state index is 0.0999. The van der Waals surface area contributed by atoms with E-state index in [4.69, 9.17) is 4.42 Å². The molecule has 0 fully saturated rings. The van der Waals surface area contributed by atoms with Crippen LogP contribution < -0.4 is 10.2 Å². The molecule has 0 bridgehead atoms. The van der Waals surface area contributed by atoms with Crippen molar-refractivity contribution in [3.05, 3.63) is 83.6 Å². The van der Waals surface area contributed by atoms with Crippen LogP contribution in [-0.4, -0.2) is 36.9 Å². The summed E-state index contributed by atoms with van der Waals surface area (Å²) in [6.45, 7) is 6.37. The molecule has 6 nitrogen and oxygen atoms in total. The van der Waals surface area contributed by atoms with Gasteiger partial charge in [-0.05, 0) is 66.9 Å². The van der Waals surface area contributed by atoms with Crippen LogP contribution in [0.15, 0.2) is 65.3 Å². The third-order valence-electron chi connectivity index (χ3n) is 5.69. The maximum Gasteiger partial charge on any atom is 0.291 e. The van der Waals surface area contributed by atoms with E-state index in [1.165, 1.54) is 24.5 Å². The Hall–Kier alpha value is -3.61. The number of halogens is 1. The highest BCUT2D eigenvalue weighted by molar-refractivity contribution is 6.02. The van der Waals surface area contributed by atoms with Gasteiger partial charge in [-0.2, -0.15) is 0 Å². The first kappa shape index (κ1) is 24.0. The van der Waals surface area contributed by atoms with Gasteiger partial charge in [0.25, 0.3) is 11.8 Å². The summed E-state index contributed by atoms with van der Waals surface area (Å²) in [7, 11) is 3.84. The molecular formula is C26H30FN3O3. The zero-order valence-corrected chi connectivity index (χ0v) is 19.6. The molecule has 1 heterocycles. The summed E-state index contributed by atoms with van der Waals surface area (Å²) in [4.78, 5) is 29.6. The Morgan fingerprint density at radius 2 is 1.79 bits per heavy atom. The fourth-order valence-electron chi connectivity index (χ4n) is 3.56. The Morgan fingerprint density at radius 3 is 2.39 bits per heavy atom. The first-order valence-electron chi connectivity index (χ1n) is 10.9. The molecule has 2 aromatic carbocycles. The molecule has 174 valence electrons. The van der Waals surface area contributed by atoms with Crippen LogP contribution in [-0.2, 0) is 6.54 Å². The first-order chi connectivity index (χ1) is 15.7. The van der Waals surface area contributed by atoms with Crippen LogP contribution in [0.3, 0.4) is 0 Å². The Morgan fingerprint density at radius 1 is 1.03 bits per heavy atom. The maximum absolute atomic E-state index is 13.8. The van der Waals surface area contributed by atoms with Crippen molar-refractivity contribution in [2.75, 3.05) is 24.3 Å². The van der Waals surface area contributed by atoms with Crippen LogP contribution in [0.4, 0.5) is 15.8 Å². The van der Waals surface area contributed by atoms with Crippen LogP contribution in [0.25, 0.3) is 0 Å². The fraction of sp³-hybridized carbons (Fsp3) is 0.308. The summed E-state index contributed by atoms with van der Waals surface area (Å²) in [6.07, 6.45) is 1.44. The third kappa shape index (κ3) is 5.80. The van der Waals surface area contributed by atoms with Crippen LogP contribution in [0.1, 0.15) is 47.2 Å². The van der Waals surface area contributed by atoms with E-state index in [9.17, 15) is 14.0 Å². The quantitative estimate of drug-likeness (QED) is 0.496. The predicted octanol–water partition coefficient (Wildman–Crippen LogP) is 5.42. The number of amides is 2. The Labute approximate surface area is 194 Å². The number of hydrogen-bond donors (Lipinski definition) is 1. The smallest absolute Gasteiger partial charge is 0.291 e. The number of anilines is 2. The lowest BCUT2D eigenvalue weighted by Gasteiger charge is -2.33. The minimum atomic E-state index is -0.449. The van der Waals surface area contributed by atoms with Gasteiger partial charge in [-0.15, -0.1) is 0 Å². The van der Waals surface area contributed by atoms with Crippen molar-refractivity contribution in [2.24, 2.45) is 5.92 Å². The number of furan rings is 1. The summed E-state index contributed by atoms with van der Waals surface area (Å²) in [5.41, 5.74) is 2.66. The Kier molecular flexibility index (Phi) is 7.53. The molecule has 1 atom stereocenters. The molecule has 0 spiro atoms. The minimum Gasteiger partial charge on any atom is -0.459 e. The number of carbonyl (C=O) groups is 2. The monoisotopic (exact) mass is 451 g/mol. The molecule has 7 heteroatoms. The number of benzene rings is 2. The second kappa shape index (κ2) is 10.3. The summed E-state index contributed by atoms with van der Waals surface area (Å²) < 4.78 is 19.0. The second-order valence-corrected chi connectivity index (χ2v) is 8.60. The molecule has 1 aromatic heterocycles. The molecule has 3 rings (SSSR count). The van der Waals surface area contributed by atoms with Gasteiger partial charge < -0.3 is 19.5 Å². The molecule has 2 amide bonds. The molecule has 33 heavy (non-hydrogen) atoms. The zero-order chi connectivity index (χ0) is 24.1. The molecule has 0 radical (unpaired) electrons. The van der Waals surface area contributed by atoms with Crippen molar-refractivity contribution in [1.82, 2.24) is 4.90 Å². The van der Waals surface area contributed by atoms with Gasteiger partial charge in [0, 0.05) is 43.6 Å². The van der Waals surface area contributed by atoms with Gasteiger partial charge in [0.05, 0.1) is 6.26 Å². The highest BCUT2D eigenvalue weighted by Crippen LogP contribution is 2.27. The van der Waals surface area contributed by atoms with E-state index in [1.807, 2.05) is 58.0 Å². The normalized spacial score (nSPS) is 11.8. The summed E-state index contributed by atoms with van der Waals surface area (Å²) in [6, 6.07) is 14.5. The summed E-state index contributed by atoms with van der Waals surface area (Å²) >= 11 is 0. The van der Waals surface area contributed by atoms with Crippen molar-refractivity contribution in [2.45, 2.75) is 33.4 Å². The predicted molar refractivity (Wildman–Crippen MR) is 128 cm³/mol. The number of nitrogens with one attached hydrogen (secondary N) is 1. The molecule has 1 N–H and O–H groups in total. The first-order valence-corrected chi connectivity index (χ1v) is 10.9. The van der Waals surface area contributed by atoms with E-state index in [-0.39, 0.29) is 29.5 Å². The Bertz CT molecular complexity index is 1110. The van der Waals surface area contributed by atoms with Gasteiger partial charge >= 0.3 is 0 Å². The van der Waals surface area contributed by atoms with Crippen LogP contribution in [0.2, 0.25) is 0 Å². The molecule has 0 aliphatic heterocycles. The summed E-state index contributed by atoms with van der Waals surface area (Å²) in [5, 5.41) is 2.84. The van der Waals surface area contributed by atoms with E-state index in [1.54, 1.807) is 23.1 Å². The number of rotatable bonds is 8. The van der Waals surface area contributed by atoms with E-state index in [0.717, 1.165) is 11.3 Å². The van der Waals surface area contributed by atoms with Crippen molar-refractivity contribution in [1.29, 1.82) is 0 Å². The highest BCUT2D eigenvalue weighted by atomic mass is 19.1. The fourth-order valence-corrected chi connectivity index (χ4v) is 3.56. The number of carbonyl (C=O) groups excluding carboxylic acids is 2. The van der Waals surface area contributed by atoms with Crippen molar-refractivity contribution < 1.29 is 18.4 Å². The molecule has 0 aliphatic rings. The van der Waals surface area contributed by atoms with Gasteiger partial charge in [0.15, 0.2) is 5.76 Å². The maximum atomic E-state index is 13.8. The van der Waals surface area contributed by atoms with Crippen molar-refractivity contribution >= 4 is 23.2 Å². The SMILES string of the molecule is CC(C)[C@@H](C)N(Cc1cc(NC(=O)c2ccco2)ccc1N(C)C)C(=O)c1cccc(F)c1. The van der Waals surface area contributed by atoms with E-state index >= 15 is 0 Å². The number of hydrogen-bond acceptors (Lipinski definition) is 4. The third-order valence-corrected chi connectivity index (χ3v) is 5.69. The zero-order valence-electron chi connectivity index (χ0n) is 19.6. The topological polar surface area (TPSA) is 65.8 Å². The van der Waals surface area contributed by atoms with Gasteiger partial charge in [0.2, 0.25) is 0 Å². The van der Waals surface area contributed by atoms with Gasteiger partial charge in [0.1, 0.15) is 5.82 Å². The highest BCUT2D eigenvalue weighted by Gasteiger charge is 2.26. The molecule has 0 aliphatic carbocycles. The van der Waals surface area contributed by atoms with Gasteiger partial charge in [-0.25, -0.2) is 4.39 Å². The molecular weight excluding hydrogens is 421 g/mol. The van der Waals surface area contributed by atoms with Gasteiger partial charge in [-0.3, -0.25) is 9.59 Å². The molecule has 0 saturated carbocycles. The summed E-state index contributed by atoms with van der Waals surface area (Å²) in [5.74, 6) is -0.649. The number of nitrogens with zero attached hydrogens (tertiary/aromatic N) is 2. The van der Waals surface area contributed by atoms with Gasteiger partial charge in [-0.1, -0.05) is 19.9 Å². The van der Waals surface area contributed by atoms with Crippen LogP contribution in [0, 0.1) is 11.7 Å². The molecule has 3 aromatic rings. The lowest BCUT2D eigenvalue weighted by atomic mass is 10.0. The molecule has 0 saturated heterocycles. The van der Waals surface area contributed by atoms with E-state index in [0.29, 0.717) is 17.8 Å². The largest absolute Gasteiger partial charge is 0.459 e. The standard InChI is InChI=1S/C26H30FN3O3/c1-17(2)18(3)30(26(32)19-8-6-9-21(27)14-19)16-20-15-22(11-12-23(20)29(4)5)28-25(31)24-10-7-13-33-24/h6-15,17-18H,16H2,1-5H3,(H,28,31)/t18-/m1/s1. The van der Waals surface area contributed by atoms with Crippen molar-refractivity contribution in [3.63, 3.8) is 0 Å². The van der Waals surface area contributed by atoms with E-state index < -0.39 is 5.82 Å². The average molecular weight is 452 g/mol. The second-order valence-electron chi connectivity index (χ2n) is 8.60.